The van der Waals surface area contributed by atoms with E-state index in [0.717, 1.165) is 58.1 Å². The summed E-state index contributed by atoms with van der Waals surface area (Å²) in [6.45, 7) is 7.13. The minimum absolute atomic E-state index is 0.294. The van der Waals surface area contributed by atoms with Gasteiger partial charge >= 0.3 is 0 Å². The number of hydrogen-bond donors (Lipinski definition) is 1. The molecule has 6 nitrogen and oxygen atoms in total. The van der Waals surface area contributed by atoms with Crippen molar-refractivity contribution in [2.75, 3.05) is 64.3 Å². The van der Waals surface area contributed by atoms with Crippen molar-refractivity contribution in [1.82, 2.24) is 20.1 Å². The van der Waals surface area contributed by atoms with Crippen molar-refractivity contribution in [2.24, 2.45) is 5.92 Å². The number of anilines is 1. The molecule has 3 rings (SSSR count). The van der Waals surface area contributed by atoms with Gasteiger partial charge in [0.2, 0.25) is 5.91 Å². The number of piperazine rings is 1. The fraction of sp³-hybridized carbons (Fsp3) is 0.667. The molecule has 1 N–H and O–H groups in total. The van der Waals surface area contributed by atoms with Crippen molar-refractivity contribution in [1.29, 1.82) is 0 Å². The maximum atomic E-state index is 12.6. The van der Waals surface area contributed by atoms with Gasteiger partial charge in [-0.2, -0.15) is 0 Å². The molecule has 0 aromatic carbocycles. The van der Waals surface area contributed by atoms with Gasteiger partial charge < -0.3 is 15.1 Å². The zero-order chi connectivity index (χ0) is 16.8. The third-order valence-electron chi connectivity index (χ3n) is 5.07. The molecule has 1 amide bonds. The van der Waals surface area contributed by atoms with Crippen molar-refractivity contribution in [2.45, 2.75) is 12.8 Å². The molecular weight excluding hydrogens is 302 g/mol. The van der Waals surface area contributed by atoms with Crippen LogP contribution in [0.25, 0.3) is 0 Å². The zero-order valence-corrected chi connectivity index (χ0v) is 14.7. The highest BCUT2D eigenvalue weighted by atomic mass is 16.2. The number of piperidine rings is 1. The molecule has 1 aromatic heterocycles. The van der Waals surface area contributed by atoms with Crippen LogP contribution in [0, 0.1) is 5.92 Å². The minimum atomic E-state index is 0.294. The van der Waals surface area contributed by atoms with Crippen LogP contribution >= 0.6 is 0 Å². The molecule has 0 aliphatic carbocycles. The van der Waals surface area contributed by atoms with E-state index in [9.17, 15) is 4.79 Å². The predicted octanol–water partition coefficient (Wildman–Crippen LogP) is 0.662. The number of nitrogens with one attached hydrogen (secondary N) is 1. The summed E-state index contributed by atoms with van der Waals surface area (Å²) >= 11 is 0. The van der Waals surface area contributed by atoms with Gasteiger partial charge in [-0.15, -0.1) is 0 Å². The van der Waals surface area contributed by atoms with Gasteiger partial charge in [-0.3, -0.25) is 9.69 Å². The Kier molecular flexibility index (Phi) is 6.04. The Hall–Kier alpha value is -1.66. The summed E-state index contributed by atoms with van der Waals surface area (Å²) in [5.41, 5.74) is 0. The van der Waals surface area contributed by atoms with Gasteiger partial charge in [0.25, 0.3) is 0 Å². The van der Waals surface area contributed by atoms with Gasteiger partial charge in [-0.25, -0.2) is 4.98 Å². The Morgan fingerprint density at radius 1 is 1.25 bits per heavy atom. The van der Waals surface area contributed by atoms with E-state index < -0.39 is 0 Å². The van der Waals surface area contributed by atoms with Crippen LogP contribution < -0.4 is 10.2 Å². The molecule has 24 heavy (non-hydrogen) atoms. The topological polar surface area (TPSA) is 51.7 Å². The SMILES string of the molecule is CNCC1CCCN(C(=O)CN2CCN(c3ccccn3)CC2)C1. The molecule has 0 spiro atoms. The Balaban J connectivity index is 1.45. The van der Waals surface area contributed by atoms with E-state index in [-0.39, 0.29) is 0 Å². The number of rotatable bonds is 5. The second-order valence-corrected chi connectivity index (χ2v) is 6.86. The lowest BCUT2D eigenvalue weighted by molar-refractivity contribution is -0.134. The lowest BCUT2D eigenvalue weighted by atomic mass is 9.98. The molecule has 0 bridgehead atoms. The second kappa shape index (κ2) is 8.44. The molecular formula is C18H29N5O. The highest BCUT2D eigenvalue weighted by Crippen LogP contribution is 2.17. The van der Waals surface area contributed by atoms with E-state index in [1.807, 2.05) is 25.4 Å². The molecule has 3 heterocycles. The molecule has 0 radical (unpaired) electrons. The summed E-state index contributed by atoms with van der Waals surface area (Å²) in [6, 6.07) is 6.02. The highest BCUT2D eigenvalue weighted by molar-refractivity contribution is 5.78. The average molecular weight is 331 g/mol. The number of pyridine rings is 1. The monoisotopic (exact) mass is 331 g/mol. The zero-order valence-electron chi connectivity index (χ0n) is 14.7. The normalized spacial score (nSPS) is 22.6. The third kappa shape index (κ3) is 4.45. The van der Waals surface area contributed by atoms with Crippen LogP contribution in [-0.2, 0) is 4.79 Å². The molecule has 1 unspecified atom stereocenters. The maximum absolute atomic E-state index is 12.6. The van der Waals surface area contributed by atoms with E-state index in [4.69, 9.17) is 0 Å². The molecule has 2 aliphatic rings. The molecule has 2 aliphatic heterocycles. The van der Waals surface area contributed by atoms with Crippen molar-refractivity contribution < 1.29 is 4.79 Å². The van der Waals surface area contributed by atoms with Crippen LogP contribution in [0.2, 0.25) is 0 Å². The van der Waals surface area contributed by atoms with E-state index in [0.29, 0.717) is 18.4 Å². The van der Waals surface area contributed by atoms with Gasteiger partial charge in [0, 0.05) is 45.5 Å². The van der Waals surface area contributed by atoms with Crippen LogP contribution in [0.5, 0.6) is 0 Å². The van der Waals surface area contributed by atoms with E-state index in [1.54, 1.807) is 0 Å². The molecule has 2 saturated heterocycles. The predicted molar refractivity (Wildman–Crippen MR) is 96.1 cm³/mol. The molecule has 132 valence electrons. The standard InChI is InChI=1S/C18H29N5O/c1-19-13-16-5-4-8-23(14-16)18(24)15-21-9-11-22(12-10-21)17-6-2-3-7-20-17/h2-3,6-7,16,19H,4-5,8-15H2,1H3. The number of nitrogens with zero attached hydrogens (tertiary/aromatic N) is 4. The molecule has 6 heteroatoms. The lowest BCUT2D eigenvalue weighted by Gasteiger charge is -2.37. The van der Waals surface area contributed by atoms with Crippen molar-refractivity contribution in [3.8, 4) is 0 Å². The summed E-state index contributed by atoms with van der Waals surface area (Å²) in [6.07, 6.45) is 4.20. The molecule has 2 fully saturated rings. The number of hydrogen-bond acceptors (Lipinski definition) is 5. The van der Waals surface area contributed by atoms with Gasteiger partial charge in [-0.1, -0.05) is 6.07 Å². The molecule has 1 aromatic rings. The Labute approximate surface area is 144 Å². The maximum Gasteiger partial charge on any atom is 0.236 e. The van der Waals surface area contributed by atoms with E-state index in [2.05, 4.69) is 31.1 Å². The fourth-order valence-corrected chi connectivity index (χ4v) is 3.71. The quantitative estimate of drug-likeness (QED) is 0.859. The van der Waals surface area contributed by atoms with Crippen molar-refractivity contribution in [3.05, 3.63) is 24.4 Å². The number of amides is 1. The summed E-state index contributed by atoms with van der Waals surface area (Å²) in [4.78, 5) is 23.7. The second-order valence-electron chi connectivity index (χ2n) is 6.86. The van der Waals surface area contributed by atoms with E-state index in [1.165, 1.54) is 6.42 Å². The summed E-state index contributed by atoms with van der Waals surface area (Å²) in [5, 5.41) is 3.24. The van der Waals surface area contributed by atoms with E-state index >= 15 is 0 Å². The Morgan fingerprint density at radius 2 is 2.08 bits per heavy atom. The molecule has 1 atom stereocenters. The van der Waals surface area contributed by atoms with Gasteiger partial charge in [0.1, 0.15) is 5.82 Å². The first-order valence-corrected chi connectivity index (χ1v) is 9.07. The highest BCUT2D eigenvalue weighted by Gasteiger charge is 2.26. The first kappa shape index (κ1) is 17.2. The third-order valence-corrected chi connectivity index (χ3v) is 5.07. The fourth-order valence-electron chi connectivity index (χ4n) is 3.71. The summed E-state index contributed by atoms with van der Waals surface area (Å²) in [5.74, 6) is 1.94. The van der Waals surface area contributed by atoms with Gasteiger partial charge in [-0.05, 0) is 44.5 Å². The van der Waals surface area contributed by atoms with Gasteiger partial charge in [0.05, 0.1) is 6.54 Å². The molecule has 0 saturated carbocycles. The van der Waals surface area contributed by atoms with Crippen LogP contribution in [0.1, 0.15) is 12.8 Å². The van der Waals surface area contributed by atoms with Crippen LogP contribution in [0.4, 0.5) is 5.82 Å². The number of likely N-dealkylation sites (tertiary alicyclic amines) is 1. The van der Waals surface area contributed by atoms with Crippen molar-refractivity contribution >= 4 is 11.7 Å². The minimum Gasteiger partial charge on any atom is -0.354 e. The van der Waals surface area contributed by atoms with Crippen molar-refractivity contribution in [3.63, 3.8) is 0 Å². The van der Waals surface area contributed by atoms with Gasteiger partial charge in [0.15, 0.2) is 0 Å². The average Bonchev–Trinajstić information content (AvgIpc) is 2.64. The largest absolute Gasteiger partial charge is 0.354 e. The summed E-state index contributed by atoms with van der Waals surface area (Å²) in [7, 11) is 1.99. The number of carbonyl (C=O) groups excluding carboxylic acids is 1. The first-order chi connectivity index (χ1) is 11.8. The Bertz CT molecular complexity index is 513. The van der Waals surface area contributed by atoms with Crippen LogP contribution in [0.15, 0.2) is 24.4 Å². The summed E-state index contributed by atoms with van der Waals surface area (Å²) < 4.78 is 0. The number of aromatic nitrogens is 1. The smallest absolute Gasteiger partial charge is 0.236 e. The first-order valence-electron chi connectivity index (χ1n) is 9.07. The Morgan fingerprint density at radius 3 is 2.79 bits per heavy atom. The lowest BCUT2D eigenvalue weighted by Crippen LogP contribution is -2.52. The van der Waals surface area contributed by atoms with Crippen LogP contribution in [0.3, 0.4) is 0 Å². The number of carbonyl (C=O) groups is 1. The van der Waals surface area contributed by atoms with Crippen LogP contribution in [-0.4, -0.2) is 80.1 Å².